The molecular formula is C18H23FN2OS. The predicted octanol–water partition coefficient (Wildman–Crippen LogP) is 4.38. The van der Waals surface area contributed by atoms with E-state index in [0.29, 0.717) is 17.1 Å². The van der Waals surface area contributed by atoms with Crippen LogP contribution in [0, 0.1) is 12.7 Å². The quantitative estimate of drug-likeness (QED) is 0.484. The molecule has 2 aromatic rings. The summed E-state index contributed by atoms with van der Waals surface area (Å²) in [5.74, 6) is -0.466. The van der Waals surface area contributed by atoms with Crippen LogP contribution in [0.15, 0.2) is 42.5 Å². The van der Waals surface area contributed by atoms with Crippen LogP contribution in [0.3, 0.4) is 0 Å². The minimum absolute atomic E-state index is 0.140. The lowest BCUT2D eigenvalue weighted by molar-refractivity contribution is 0.111. The summed E-state index contributed by atoms with van der Waals surface area (Å²) in [6.45, 7) is 6.03. The first-order valence-electron chi connectivity index (χ1n) is 7.38. The first-order valence-corrected chi connectivity index (χ1v) is 8.26. The van der Waals surface area contributed by atoms with Gasteiger partial charge in [-0.25, -0.2) is 9.22 Å². The molecule has 5 heteroatoms. The van der Waals surface area contributed by atoms with E-state index in [9.17, 15) is 9.18 Å². The Kier molecular flexibility index (Phi) is 8.55. The molecule has 0 fully saturated rings. The molecule has 0 aromatic heterocycles. The van der Waals surface area contributed by atoms with E-state index in [0.717, 1.165) is 11.1 Å². The zero-order chi connectivity index (χ0) is 17.2. The van der Waals surface area contributed by atoms with E-state index in [-0.39, 0.29) is 5.56 Å². The minimum Gasteiger partial charge on any atom is -0.298 e. The molecule has 0 aliphatic carbocycles. The van der Waals surface area contributed by atoms with E-state index in [1.54, 1.807) is 24.9 Å². The van der Waals surface area contributed by atoms with E-state index in [1.165, 1.54) is 6.07 Å². The van der Waals surface area contributed by atoms with Gasteiger partial charge in [0.1, 0.15) is 5.82 Å². The molecule has 2 rings (SSSR count). The molecule has 3 nitrogen and oxygen atoms in total. The van der Waals surface area contributed by atoms with Crippen molar-refractivity contribution in [3.8, 4) is 11.1 Å². The minimum atomic E-state index is -0.466. The molecule has 0 spiro atoms. The molecule has 0 aliphatic heterocycles. The summed E-state index contributed by atoms with van der Waals surface area (Å²) in [5.41, 5.74) is 5.52. The Bertz CT molecular complexity index is 618. The van der Waals surface area contributed by atoms with Gasteiger partial charge in [0, 0.05) is 5.25 Å². The molecule has 2 N–H and O–H groups in total. The van der Waals surface area contributed by atoms with Crippen molar-refractivity contribution >= 4 is 18.2 Å². The standard InChI is InChI=1S/C14H11FO.C4H12N2S/c1-10-12(11-5-3-2-4-6-11)7-8-14(15)13(10)9-16;1-4(2)7-6-5-3/h2-9H,1H3;4-6H,1-3H3. The molecular weight excluding hydrogens is 311 g/mol. The van der Waals surface area contributed by atoms with Gasteiger partial charge in [-0.1, -0.05) is 62.2 Å². The van der Waals surface area contributed by atoms with Gasteiger partial charge in [0.25, 0.3) is 0 Å². The number of carbonyl (C=O) groups excluding carboxylic acids is 1. The number of nitrogens with one attached hydrogen (secondary N) is 2. The lowest BCUT2D eigenvalue weighted by Crippen LogP contribution is -2.21. The highest BCUT2D eigenvalue weighted by Crippen LogP contribution is 2.26. The van der Waals surface area contributed by atoms with Crippen LogP contribution in [-0.2, 0) is 0 Å². The maximum Gasteiger partial charge on any atom is 0.153 e. The third-order valence-electron chi connectivity index (χ3n) is 3.06. The van der Waals surface area contributed by atoms with Gasteiger partial charge in [-0.05, 0) is 36.7 Å². The Morgan fingerprint density at radius 2 is 1.78 bits per heavy atom. The number of hydrogen-bond donors (Lipinski definition) is 2. The molecule has 124 valence electrons. The van der Waals surface area contributed by atoms with Crippen LogP contribution in [0.5, 0.6) is 0 Å². The zero-order valence-electron chi connectivity index (χ0n) is 13.9. The van der Waals surface area contributed by atoms with Crippen molar-refractivity contribution in [2.24, 2.45) is 0 Å². The van der Waals surface area contributed by atoms with Gasteiger partial charge in [0.05, 0.1) is 5.56 Å². The van der Waals surface area contributed by atoms with Crippen LogP contribution in [0.4, 0.5) is 4.39 Å². The van der Waals surface area contributed by atoms with Gasteiger partial charge in [-0.2, -0.15) is 0 Å². The number of aldehydes is 1. The van der Waals surface area contributed by atoms with Crippen molar-refractivity contribution < 1.29 is 9.18 Å². The highest BCUT2D eigenvalue weighted by molar-refractivity contribution is 7.97. The van der Waals surface area contributed by atoms with Crippen molar-refractivity contribution in [3.63, 3.8) is 0 Å². The monoisotopic (exact) mass is 334 g/mol. The Morgan fingerprint density at radius 1 is 1.13 bits per heavy atom. The van der Waals surface area contributed by atoms with Crippen molar-refractivity contribution in [1.29, 1.82) is 0 Å². The summed E-state index contributed by atoms with van der Waals surface area (Å²) in [7, 11) is 1.86. The fraction of sp³-hybridized carbons (Fsp3) is 0.278. The average Bonchev–Trinajstić information content (AvgIpc) is 2.55. The lowest BCUT2D eigenvalue weighted by Gasteiger charge is -2.08. The molecule has 0 aliphatic rings. The zero-order valence-corrected chi connectivity index (χ0v) is 14.7. The summed E-state index contributed by atoms with van der Waals surface area (Å²) in [6.07, 6.45) is 0.567. The molecule has 2 aromatic carbocycles. The molecule has 0 amide bonds. The van der Waals surface area contributed by atoms with Gasteiger partial charge in [-0.3, -0.25) is 10.2 Å². The van der Waals surface area contributed by atoms with Crippen molar-refractivity contribution in [2.45, 2.75) is 26.0 Å². The summed E-state index contributed by atoms with van der Waals surface area (Å²) >= 11 is 1.67. The number of carbonyl (C=O) groups is 1. The normalized spacial score (nSPS) is 10.2. The van der Waals surface area contributed by atoms with Crippen LogP contribution >= 0.6 is 11.9 Å². The van der Waals surface area contributed by atoms with E-state index in [2.05, 4.69) is 24.1 Å². The van der Waals surface area contributed by atoms with E-state index < -0.39 is 5.82 Å². The van der Waals surface area contributed by atoms with Crippen molar-refractivity contribution in [1.82, 2.24) is 10.3 Å². The van der Waals surface area contributed by atoms with E-state index in [4.69, 9.17) is 0 Å². The smallest absolute Gasteiger partial charge is 0.153 e. The fourth-order valence-corrected chi connectivity index (χ4v) is 2.30. The number of benzene rings is 2. The van der Waals surface area contributed by atoms with Crippen molar-refractivity contribution in [3.05, 3.63) is 59.4 Å². The van der Waals surface area contributed by atoms with Crippen LogP contribution < -0.4 is 10.3 Å². The van der Waals surface area contributed by atoms with Gasteiger partial charge < -0.3 is 0 Å². The van der Waals surface area contributed by atoms with E-state index in [1.807, 2.05) is 37.4 Å². The maximum absolute atomic E-state index is 13.3. The van der Waals surface area contributed by atoms with Crippen LogP contribution in [0.25, 0.3) is 11.1 Å². The predicted molar refractivity (Wildman–Crippen MR) is 96.9 cm³/mol. The summed E-state index contributed by atoms with van der Waals surface area (Å²) in [6, 6.07) is 12.7. The van der Waals surface area contributed by atoms with E-state index >= 15 is 0 Å². The Hall–Kier alpha value is -1.69. The molecule has 0 bridgehead atoms. The van der Waals surface area contributed by atoms with Gasteiger partial charge in [-0.15, -0.1) is 0 Å². The first-order chi connectivity index (χ1) is 11.0. The number of hydrazine groups is 1. The molecule has 23 heavy (non-hydrogen) atoms. The molecule has 0 heterocycles. The molecule has 0 saturated heterocycles. The Balaban J connectivity index is 0.000000322. The number of halogens is 1. The summed E-state index contributed by atoms with van der Waals surface area (Å²) in [4.78, 5) is 13.7. The highest BCUT2D eigenvalue weighted by atomic mass is 32.2. The lowest BCUT2D eigenvalue weighted by atomic mass is 9.97. The van der Waals surface area contributed by atoms with Crippen LogP contribution in [-0.4, -0.2) is 18.6 Å². The second-order valence-electron chi connectivity index (χ2n) is 5.14. The largest absolute Gasteiger partial charge is 0.298 e. The van der Waals surface area contributed by atoms with Crippen LogP contribution in [0.2, 0.25) is 0 Å². The Morgan fingerprint density at radius 3 is 2.26 bits per heavy atom. The SMILES string of the molecule is CNNSC(C)C.Cc1c(-c2ccccc2)ccc(F)c1C=O. The second-order valence-corrected chi connectivity index (χ2v) is 6.52. The third kappa shape index (κ3) is 6.14. The molecule has 0 radical (unpaired) electrons. The summed E-state index contributed by atoms with van der Waals surface area (Å²) in [5, 5.41) is 0.646. The molecule has 0 unspecified atom stereocenters. The highest BCUT2D eigenvalue weighted by Gasteiger charge is 2.09. The van der Waals surface area contributed by atoms with Gasteiger partial charge in [0.15, 0.2) is 6.29 Å². The van der Waals surface area contributed by atoms with Crippen molar-refractivity contribution in [2.75, 3.05) is 7.05 Å². The summed E-state index contributed by atoms with van der Waals surface area (Å²) < 4.78 is 13.3. The van der Waals surface area contributed by atoms with Crippen LogP contribution in [0.1, 0.15) is 29.8 Å². The molecule has 0 atom stereocenters. The topological polar surface area (TPSA) is 41.1 Å². The maximum atomic E-state index is 13.3. The second kappa shape index (κ2) is 10.2. The Labute approximate surface area is 141 Å². The van der Waals surface area contributed by atoms with Gasteiger partial charge >= 0.3 is 0 Å². The number of hydrogen-bond acceptors (Lipinski definition) is 4. The third-order valence-corrected chi connectivity index (χ3v) is 3.85. The molecule has 0 saturated carbocycles. The van der Waals surface area contributed by atoms with Gasteiger partial charge in [0.2, 0.25) is 0 Å². The average molecular weight is 334 g/mol. The number of rotatable bonds is 5. The first kappa shape index (κ1) is 19.4. The fourth-order valence-electron chi connectivity index (χ4n) is 1.95.